The second kappa shape index (κ2) is 6.68. The number of aryl methyl sites for hydroxylation is 1. The number of hydrazine groups is 1. The number of piperazine rings is 1. The van der Waals surface area contributed by atoms with Gasteiger partial charge in [-0.2, -0.15) is 4.98 Å². The van der Waals surface area contributed by atoms with Gasteiger partial charge in [-0.3, -0.25) is 0 Å². The zero-order chi connectivity index (χ0) is 13.7. The van der Waals surface area contributed by atoms with Crippen molar-refractivity contribution in [3.63, 3.8) is 0 Å². The zero-order valence-corrected chi connectivity index (χ0v) is 12.1. The summed E-state index contributed by atoms with van der Waals surface area (Å²) in [4.78, 5) is 11.2. The zero-order valence-electron chi connectivity index (χ0n) is 12.1. The number of rotatable bonds is 5. The molecule has 0 aromatic carbocycles. The minimum Gasteiger partial charge on any atom is -0.354 e. The predicted octanol–water partition coefficient (Wildman–Crippen LogP) is 1.18. The fourth-order valence-electron chi connectivity index (χ4n) is 1.95. The molecule has 2 heterocycles. The van der Waals surface area contributed by atoms with Gasteiger partial charge >= 0.3 is 0 Å². The van der Waals surface area contributed by atoms with Gasteiger partial charge in [0, 0.05) is 44.5 Å². The van der Waals surface area contributed by atoms with Crippen LogP contribution in [0.2, 0.25) is 0 Å². The summed E-state index contributed by atoms with van der Waals surface area (Å²) in [7, 11) is 2.15. The molecule has 6 heteroatoms. The number of nitrogens with one attached hydrogen (secondary N) is 2. The molecular weight excluding hydrogens is 240 g/mol. The van der Waals surface area contributed by atoms with Crippen LogP contribution in [0.25, 0.3) is 0 Å². The number of hydrogen-bond donors (Lipinski definition) is 2. The standard InChI is InChI=1S/C13H24N6/c1-4-5-14-13-15-10-11(2)12(16-13)17-19-8-6-18(3)7-9-19/h10H,4-9H2,1-3H3,(H2,14,15,16,17). The molecule has 1 saturated heterocycles. The molecule has 6 nitrogen and oxygen atoms in total. The van der Waals surface area contributed by atoms with Gasteiger partial charge in [0.1, 0.15) is 5.82 Å². The fraction of sp³-hybridized carbons (Fsp3) is 0.692. The van der Waals surface area contributed by atoms with Crippen molar-refractivity contribution in [1.82, 2.24) is 19.9 Å². The molecule has 0 radical (unpaired) electrons. The number of likely N-dealkylation sites (N-methyl/N-ethyl adjacent to an activating group) is 1. The van der Waals surface area contributed by atoms with Gasteiger partial charge in [0.25, 0.3) is 0 Å². The first-order chi connectivity index (χ1) is 9.19. The van der Waals surface area contributed by atoms with Gasteiger partial charge in [0.15, 0.2) is 0 Å². The Morgan fingerprint density at radius 2 is 2.00 bits per heavy atom. The van der Waals surface area contributed by atoms with Crippen LogP contribution in [0.5, 0.6) is 0 Å². The maximum atomic E-state index is 4.53. The minimum atomic E-state index is 0.698. The van der Waals surface area contributed by atoms with Crippen LogP contribution in [-0.2, 0) is 0 Å². The van der Waals surface area contributed by atoms with Crippen molar-refractivity contribution in [3.8, 4) is 0 Å². The van der Waals surface area contributed by atoms with E-state index < -0.39 is 0 Å². The third-order valence-corrected chi connectivity index (χ3v) is 3.27. The van der Waals surface area contributed by atoms with Crippen LogP contribution in [0.15, 0.2) is 6.20 Å². The van der Waals surface area contributed by atoms with E-state index in [0.717, 1.165) is 50.5 Å². The molecule has 1 aliphatic heterocycles. The summed E-state index contributed by atoms with van der Waals surface area (Å²) >= 11 is 0. The molecule has 0 unspecified atom stereocenters. The van der Waals surface area contributed by atoms with Crippen LogP contribution >= 0.6 is 0 Å². The van der Waals surface area contributed by atoms with Crippen molar-refractivity contribution in [2.24, 2.45) is 0 Å². The Kier molecular flexibility index (Phi) is 4.93. The molecule has 19 heavy (non-hydrogen) atoms. The second-order valence-electron chi connectivity index (χ2n) is 5.05. The summed E-state index contributed by atoms with van der Waals surface area (Å²) in [5.41, 5.74) is 4.47. The lowest BCUT2D eigenvalue weighted by molar-refractivity contribution is 0.178. The molecule has 0 aliphatic carbocycles. The quantitative estimate of drug-likeness (QED) is 0.833. The van der Waals surface area contributed by atoms with E-state index in [1.54, 1.807) is 0 Å². The summed E-state index contributed by atoms with van der Waals surface area (Å²) in [6.45, 7) is 9.25. The van der Waals surface area contributed by atoms with Gasteiger partial charge in [-0.1, -0.05) is 6.92 Å². The first-order valence-electron chi connectivity index (χ1n) is 6.96. The van der Waals surface area contributed by atoms with E-state index >= 15 is 0 Å². The fourth-order valence-corrected chi connectivity index (χ4v) is 1.95. The molecule has 106 valence electrons. The molecule has 2 N–H and O–H groups in total. The van der Waals surface area contributed by atoms with Gasteiger partial charge in [-0.05, 0) is 20.4 Å². The van der Waals surface area contributed by atoms with Crippen LogP contribution in [0.3, 0.4) is 0 Å². The molecule has 0 bridgehead atoms. The van der Waals surface area contributed by atoms with E-state index in [-0.39, 0.29) is 0 Å². The largest absolute Gasteiger partial charge is 0.354 e. The van der Waals surface area contributed by atoms with Gasteiger partial charge in [0.2, 0.25) is 5.95 Å². The third kappa shape index (κ3) is 4.04. The van der Waals surface area contributed by atoms with Gasteiger partial charge in [-0.25, -0.2) is 9.99 Å². The normalized spacial score (nSPS) is 17.4. The first-order valence-corrected chi connectivity index (χ1v) is 6.96. The van der Waals surface area contributed by atoms with Crippen LogP contribution < -0.4 is 10.7 Å². The Labute approximate surface area is 115 Å². The lowest BCUT2D eigenvalue weighted by Gasteiger charge is -2.33. The molecule has 0 spiro atoms. The average molecular weight is 264 g/mol. The monoisotopic (exact) mass is 264 g/mol. The number of nitrogens with zero attached hydrogens (tertiary/aromatic N) is 4. The summed E-state index contributed by atoms with van der Waals surface area (Å²) in [6, 6.07) is 0. The highest BCUT2D eigenvalue weighted by atomic mass is 15.5. The molecule has 1 aliphatic rings. The smallest absolute Gasteiger partial charge is 0.224 e. The molecule has 0 atom stereocenters. The van der Waals surface area contributed by atoms with Crippen molar-refractivity contribution < 1.29 is 0 Å². The first kappa shape index (κ1) is 14.0. The third-order valence-electron chi connectivity index (χ3n) is 3.27. The van der Waals surface area contributed by atoms with Crippen molar-refractivity contribution in [2.75, 3.05) is 50.5 Å². The maximum Gasteiger partial charge on any atom is 0.224 e. The highest BCUT2D eigenvalue weighted by molar-refractivity contribution is 5.45. The molecule has 2 rings (SSSR count). The van der Waals surface area contributed by atoms with Crippen LogP contribution in [-0.4, -0.2) is 59.6 Å². The van der Waals surface area contributed by atoms with E-state index in [1.165, 1.54) is 0 Å². The Hall–Kier alpha value is -1.40. The molecular formula is C13H24N6. The van der Waals surface area contributed by atoms with E-state index in [2.05, 4.69) is 44.6 Å². The van der Waals surface area contributed by atoms with Crippen molar-refractivity contribution in [1.29, 1.82) is 0 Å². The van der Waals surface area contributed by atoms with E-state index in [1.807, 2.05) is 13.1 Å². The highest BCUT2D eigenvalue weighted by Gasteiger charge is 2.15. The summed E-state index contributed by atoms with van der Waals surface area (Å²) in [5, 5.41) is 5.44. The van der Waals surface area contributed by atoms with E-state index in [9.17, 15) is 0 Å². The van der Waals surface area contributed by atoms with Gasteiger partial charge in [0.05, 0.1) is 0 Å². The molecule has 0 saturated carbocycles. The molecule has 1 aromatic rings. The van der Waals surface area contributed by atoms with E-state index in [0.29, 0.717) is 5.95 Å². The Bertz CT molecular complexity index is 400. The minimum absolute atomic E-state index is 0.698. The highest BCUT2D eigenvalue weighted by Crippen LogP contribution is 2.14. The SMILES string of the molecule is CCCNc1ncc(C)c(NN2CCN(C)CC2)n1. The van der Waals surface area contributed by atoms with Crippen molar-refractivity contribution in [2.45, 2.75) is 20.3 Å². The number of aromatic nitrogens is 2. The number of anilines is 2. The van der Waals surface area contributed by atoms with Crippen molar-refractivity contribution >= 4 is 11.8 Å². The number of hydrogen-bond acceptors (Lipinski definition) is 6. The predicted molar refractivity (Wildman–Crippen MR) is 78.2 cm³/mol. The summed E-state index contributed by atoms with van der Waals surface area (Å²) in [5.74, 6) is 1.60. The summed E-state index contributed by atoms with van der Waals surface area (Å²) < 4.78 is 0. The Morgan fingerprint density at radius 1 is 1.26 bits per heavy atom. The lowest BCUT2D eigenvalue weighted by atomic mass is 10.3. The van der Waals surface area contributed by atoms with Crippen LogP contribution in [0.4, 0.5) is 11.8 Å². The Morgan fingerprint density at radius 3 is 2.68 bits per heavy atom. The molecule has 0 amide bonds. The second-order valence-corrected chi connectivity index (χ2v) is 5.05. The van der Waals surface area contributed by atoms with Gasteiger partial charge < -0.3 is 15.6 Å². The van der Waals surface area contributed by atoms with Crippen LogP contribution in [0, 0.1) is 6.92 Å². The van der Waals surface area contributed by atoms with E-state index in [4.69, 9.17) is 0 Å². The average Bonchev–Trinajstić information content (AvgIpc) is 2.42. The molecule has 1 fully saturated rings. The van der Waals surface area contributed by atoms with Crippen molar-refractivity contribution in [3.05, 3.63) is 11.8 Å². The van der Waals surface area contributed by atoms with Gasteiger partial charge in [-0.15, -0.1) is 0 Å². The summed E-state index contributed by atoms with van der Waals surface area (Å²) in [6.07, 6.45) is 2.93. The molecule has 1 aromatic heterocycles. The lowest BCUT2D eigenvalue weighted by Crippen LogP contribution is -2.47. The Balaban J connectivity index is 1.98. The van der Waals surface area contributed by atoms with Crippen LogP contribution in [0.1, 0.15) is 18.9 Å². The maximum absolute atomic E-state index is 4.53. The topological polar surface area (TPSA) is 56.3 Å².